The van der Waals surface area contributed by atoms with Crippen LogP contribution in [-0.2, 0) is 31.6 Å². The maximum absolute atomic E-state index is 11.5. The van der Waals surface area contributed by atoms with Crippen LogP contribution < -0.4 is 0 Å². The molecule has 133 valence electrons. The molecule has 1 fully saturated rings. The van der Waals surface area contributed by atoms with Crippen molar-refractivity contribution < 1.29 is 56.3 Å². The van der Waals surface area contributed by atoms with Gasteiger partial charge in [-0.2, -0.15) is 0 Å². The third kappa shape index (κ3) is 8.21. The Bertz CT molecular complexity index is 565. The monoisotopic (exact) mass is 396 g/mol. The average molecular weight is 396 g/mol. The fraction of sp³-hybridized carbons (Fsp3) is 1.00. The first-order valence-electron chi connectivity index (χ1n) is 5.82. The Balaban J connectivity index is 2.56. The molecule has 1 radical (unpaired) electrons. The van der Waals surface area contributed by atoms with Gasteiger partial charge in [0.2, 0.25) is 0 Å². The second-order valence-electron chi connectivity index (χ2n) is 4.35. The summed E-state index contributed by atoms with van der Waals surface area (Å²) in [4.78, 5) is 38.2. The van der Waals surface area contributed by atoms with Crippen molar-refractivity contribution in [1.82, 2.24) is 0 Å². The molecule has 0 spiro atoms. The molecule has 1 rings (SSSR count). The van der Waals surface area contributed by atoms with Gasteiger partial charge in [0.05, 0.1) is 0 Å². The van der Waals surface area contributed by atoms with Gasteiger partial charge in [-0.3, -0.25) is 0 Å². The molecule has 0 aromatic rings. The van der Waals surface area contributed by atoms with Crippen LogP contribution in [0.15, 0.2) is 4.90 Å². The molecule has 1 aliphatic heterocycles. The van der Waals surface area contributed by atoms with Crippen LogP contribution in [0, 0.1) is 0 Å². The molecule has 13 nitrogen and oxygen atoms in total. The predicted octanol–water partition coefficient (Wildman–Crippen LogP) is -0.800. The molecule has 0 saturated carbocycles. The fourth-order valence-electron chi connectivity index (χ4n) is 1.67. The van der Waals surface area contributed by atoms with Crippen molar-refractivity contribution in [2.45, 2.75) is 24.7 Å². The zero-order valence-electron chi connectivity index (χ0n) is 11.3. The standard InChI is InChI=1S/C6H14BNO12P3/c7-8-2-4-1-5(9)6(18-4)3-17-22(13,14)20-23(15,16)19-21(10,11)12/h4-6,9H,1-3H2,(H,13,14)(H,15,16)(H2,10,11,12)/t4-,5?,6-/m1/s1. The van der Waals surface area contributed by atoms with E-state index in [9.17, 15) is 23.7 Å². The number of phosphoric ester groups is 1. The van der Waals surface area contributed by atoms with E-state index in [-0.39, 0.29) is 13.0 Å². The first-order valence-corrected chi connectivity index (χ1v) is 10.3. The molecule has 1 heterocycles. The first kappa shape index (κ1) is 21.2. The molecule has 0 amide bonds. The molecule has 0 aliphatic carbocycles. The summed E-state index contributed by atoms with van der Waals surface area (Å²) in [6.45, 7) is -0.644. The Morgan fingerprint density at radius 3 is 2.26 bits per heavy atom. The summed E-state index contributed by atoms with van der Waals surface area (Å²) in [6.07, 6.45) is -2.55. The van der Waals surface area contributed by atoms with Crippen molar-refractivity contribution in [2.75, 3.05) is 13.2 Å². The van der Waals surface area contributed by atoms with E-state index in [4.69, 9.17) is 27.1 Å². The fourth-order valence-corrected chi connectivity index (χ4v) is 4.70. The molecule has 17 heteroatoms. The van der Waals surface area contributed by atoms with Crippen LogP contribution in [0.2, 0.25) is 0 Å². The van der Waals surface area contributed by atoms with Gasteiger partial charge in [-0.15, -0.1) is 0 Å². The third-order valence-electron chi connectivity index (χ3n) is 2.43. The number of phosphoric acid groups is 3. The Kier molecular flexibility index (Phi) is 7.43. The summed E-state index contributed by atoms with van der Waals surface area (Å²) in [6, 6.07) is 0. The quantitative estimate of drug-likeness (QED) is 0.240. The summed E-state index contributed by atoms with van der Waals surface area (Å²) in [5, 5.41) is 9.64. The zero-order valence-corrected chi connectivity index (χ0v) is 14.0. The summed E-state index contributed by atoms with van der Waals surface area (Å²) in [5.41, 5.74) is 0. The van der Waals surface area contributed by atoms with Crippen molar-refractivity contribution in [3.63, 3.8) is 0 Å². The Hall–Kier alpha value is 0.195. The van der Waals surface area contributed by atoms with Crippen molar-refractivity contribution in [3.8, 4) is 0 Å². The van der Waals surface area contributed by atoms with Crippen LogP contribution in [0.1, 0.15) is 6.42 Å². The SMILES string of the molecule is [B]=NC[C@H]1CC(O)[C@@H](COP(=O)(O)OP(=O)(O)OP(=O)(O)O)O1. The van der Waals surface area contributed by atoms with Crippen LogP contribution in [-0.4, -0.2) is 63.8 Å². The van der Waals surface area contributed by atoms with E-state index in [0.29, 0.717) is 0 Å². The van der Waals surface area contributed by atoms with Gasteiger partial charge in [0.25, 0.3) is 0 Å². The summed E-state index contributed by atoms with van der Waals surface area (Å²) in [7, 11) is -11.3. The predicted molar refractivity (Wildman–Crippen MR) is 72.2 cm³/mol. The van der Waals surface area contributed by atoms with Crippen molar-refractivity contribution in [1.29, 1.82) is 0 Å². The van der Waals surface area contributed by atoms with Gasteiger partial charge in [-0.1, -0.05) is 0 Å². The number of rotatable bonds is 9. The first-order chi connectivity index (χ1) is 10.3. The van der Waals surface area contributed by atoms with Crippen LogP contribution in [0.4, 0.5) is 0 Å². The number of hydrogen-bond donors (Lipinski definition) is 5. The molecule has 3 unspecified atom stereocenters. The van der Waals surface area contributed by atoms with Gasteiger partial charge in [-0.25, -0.2) is 4.57 Å². The van der Waals surface area contributed by atoms with E-state index < -0.39 is 48.4 Å². The number of nitrogens with zero attached hydrogens (tertiary/aromatic N) is 1. The molecule has 5 atom stereocenters. The maximum atomic E-state index is 11.5. The van der Waals surface area contributed by atoms with E-state index in [0.717, 1.165) is 0 Å². The van der Waals surface area contributed by atoms with Gasteiger partial charge in [0.1, 0.15) is 0 Å². The van der Waals surface area contributed by atoms with Gasteiger partial charge in [0.15, 0.2) is 0 Å². The number of aliphatic hydroxyl groups excluding tert-OH is 1. The van der Waals surface area contributed by atoms with Crippen molar-refractivity contribution in [3.05, 3.63) is 0 Å². The van der Waals surface area contributed by atoms with E-state index in [1.807, 2.05) is 0 Å². The summed E-state index contributed by atoms with van der Waals surface area (Å²) >= 11 is 0. The van der Waals surface area contributed by atoms with Crippen LogP contribution in [0.3, 0.4) is 0 Å². The number of ether oxygens (including phenoxy) is 1. The molecule has 1 aliphatic rings. The molecule has 0 aromatic heterocycles. The van der Waals surface area contributed by atoms with Gasteiger partial charge >= 0.3 is 116 Å². The summed E-state index contributed by atoms with van der Waals surface area (Å²) < 4.78 is 49.6. The molecule has 23 heavy (non-hydrogen) atoms. The molecule has 5 N–H and O–H groups in total. The Morgan fingerprint density at radius 2 is 1.74 bits per heavy atom. The zero-order chi connectivity index (χ0) is 17.9. The second kappa shape index (κ2) is 8.05. The molecule has 0 bridgehead atoms. The Morgan fingerprint density at radius 1 is 1.13 bits per heavy atom. The van der Waals surface area contributed by atoms with E-state index in [1.54, 1.807) is 0 Å². The van der Waals surface area contributed by atoms with Gasteiger partial charge < -0.3 is 9.79 Å². The summed E-state index contributed by atoms with van der Waals surface area (Å²) in [5.74, 6) is 0. The molecular formula is C6H14BNO12P3. The normalized spacial score (nSPS) is 30.5. The number of hydrogen-bond acceptors (Lipinski definition) is 9. The second-order valence-corrected chi connectivity index (χ2v) is 8.77. The van der Waals surface area contributed by atoms with Gasteiger partial charge in [0, 0.05) is 0 Å². The minimum absolute atomic E-state index is 0.0722. The van der Waals surface area contributed by atoms with E-state index in [2.05, 4.69) is 18.0 Å². The van der Waals surface area contributed by atoms with E-state index in [1.165, 1.54) is 0 Å². The third-order valence-corrected chi connectivity index (χ3v) is 6.23. The van der Waals surface area contributed by atoms with Crippen LogP contribution in [0.5, 0.6) is 0 Å². The minimum atomic E-state index is -5.57. The van der Waals surface area contributed by atoms with Crippen molar-refractivity contribution in [2.24, 2.45) is 4.90 Å². The molecule has 1 saturated heterocycles. The average Bonchev–Trinajstić information content (AvgIpc) is 2.63. The molecule has 0 aromatic carbocycles. The molecular weight excluding hydrogens is 382 g/mol. The van der Waals surface area contributed by atoms with Crippen LogP contribution >= 0.6 is 23.5 Å². The topological polar surface area (TPSA) is 202 Å². The Labute approximate surface area is 131 Å². The van der Waals surface area contributed by atoms with Crippen LogP contribution in [0.25, 0.3) is 0 Å². The van der Waals surface area contributed by atoms with E-state index >= 15 is 0 Å². The van der Waals surface area contributed by atoms with Crippen molar-refractivity contribution >= 4 is 31.1 Å². The van der Waals surface area contributed by atoms with Gasteiger partial charge in [-0.05, 0) is 0 Å². The number of aliphatic hydroxyl groups is 1.